The van der Waals surface area contributed by atoms with Crippen molar-refractivity contribution >= 4 is 5.69 Å². The van der Waals surface area contributed by atoms with E-state index >= 15 is 0 Å². The Labute approximate surface area is 184 Å². The molecule has 1 heterocycles. The van der Waals surface area contributed by atoms with Gasteiger partial charge in [-0.1, -0.05) is 81.7 Å². The maximum absolute atomic E-state index is 3.68. The van der Waals surface area contributed by atoms with E-state index in [1.54, 1.807) is 11.1 Å². The number of rotatable bonds is 4. The molecule has 1 heteroatoms. The summed E-state index contributed by atoms with van der Waals surface area (Å²) >= 11 is 0. The second kappa shape index (κ2) is 9.16. The van der Waals surface area contributed by atoms with Crippen LogP contribution < -0.4 is 5.32 Å². The van der Waals surface area contributed by atoms with Gasteiger partial charge in [-0.05, 0) is 85.3 Å². The van der Waals surface area contributed by atoms with Crippen LogP contribution in [-0.4, -0.2) is 6.54 Å². The molecule has 0 saturated heterocycles. The molecule has 2 aliphatic carbocycles. The molecule has 1 nitrogen and oxygen atoms in total. The van der Waals surface area contributed by atoms with Gasteiger partial charge in [-0.15, -0.1) is 0 Å². The Morgan fingerprint density at radius 1 is 1.03 bits per heavy atom. The predicted octanol–water partition coefficient (Wildman–Crippen LogP) is 7.74. The molecule has 0 spiro atoms. The Morgan fingerprint density at radius 3 is 2.63 bits per heavy atom. The average molecular weight is 404 g/mol. The lowest BCUT2D eigenvalue weighted by molar-refractivity contribution is 0.298. The van der Waals surface area contributed by atoms with Gasteiger partial charge in [0.2, 0.25) is 0 Å². The summed E-state index contributed by atoms with van der Waals surface area (Å²) in [5.41, 5.74) is 9.24. The summed E-state index contributed by atoms with van der Waals surface area (Å²) in [6.07, 6.45) is 15.0. The quantitative estimate of drug-likeness (QED) is 0.507. The lowest BCUT2D eigenvalue weighted by atomic mass is 9.73. The zero-order chi connectivity index (χ0) is 21.3. The van der Waals surface area contributed by atoms with Crippen LogP contribution in [0, 0.1) is 29.6 Å². The summed E-state index contributed by atoms with van der Waals surface area (Å²) in [6, 6.07) is 6.97. The molecule has 1 fully saturated rings. The summed E-state index contributed by atoms with van der Waals surface area (Å²) in [5.74, 6) is 3.61. The average Bonchev–Trinajstić information content (AvgIpc) is 3.13. The number of fused-ring (bicyclic) bond motifs is 1. The van der Waals surface area contributed by atoms with E-state index in [-0.39, 0.29) is 0 Å². The van der Waals surface area contributed by atoms with Crippen LogP contribution >= 0.6 is 0 Å². The molecule has 1 saturated carbocycles. The number of allylic oxidation sites excluding steroid dienone is 6. The molecule has 3 aliphatic rings. The van der Waals surface area contributed by atoms with E-state index in [4.69, 9.17) is 0 Å². The number of benzene rings is 1. The topological polar surface area (TPSA) is 12.0 Å². The fourth-order valence-corrected chi connectivity index (χ4v) is 6.11. The van der Waals surface area contributed by atoms with Gasteiger partial charge in [-0.3, -0.25) is 0 Å². The molecule has 30 heavy (non-hydrogen) atoms. The number of anilines is 1. The SMILES string of the molecule is CCC1=CC=C([C@H]2CC(Cc3cccc4c3NCC4)C(C)CC[C@@H]2C)C(C)C(C)=C1. The number of nitrogens with one attached hydrogen (secondary N) is 1. The van der Waals surface area contributed by atoms with Gasteiger partial charge in [-0.2, -0.15) is 0 Å². The molecular weight excluding hydrogens is 362 g/mol. The van der Waals surface area contributed by atoms with Crippen molar-refractivity contribution in [3.63, 3.8) is 0 Å². The van der Waals surface area contributed by atoms with Crippen LogP contribution in [0.1, 0.15) is 71.4 Å². The van der Waals surface area contributed by atoms with Crippen molar-refractivity contribution in [1.82, 2.24) is 0 Å². The molecule has 1 N–H and O–H groups in total. The highest BCUT2D eigenvalue weighted by molar-refractivity contribution is 5.61. The van der Waals surface area contributed by atoms with Crippen molar-refractivity contribution in [2.75, 3.05) is 11.9 Å². The van der Waals surface area contributed by atoms with E-state index in [0.29, 0.717) is 11.8 Å². The molecule has 1 aliphatic heterocycles. The van der Waals surface area contributed by atoms with Gasteiger partial charge < -0.3 is 5.32 Å². The summed E-state index contributed by atoms with van der Waals surface area (Å²) < 4.78 is 0. The van der Waals surface area contributed by atoms with Crippen molar-refractivity contribution in [2.45, 2.75) is 73.1 Å². The Kier molecular flexibility index (Phi) is 6.56. The Hall–Kier alpha value is -1.76. The minimum Gasteiger partial charge on any atom is -0.384 e. The fraction of sp³-hybridized carbons (Fsp3) is 0.586. The van der Waals surface area contributed by atoms with E-state index in [0.717, 1.165) is 30.7 Å². The second-order valence-corrected chi connectivity index (χ2v) is 10.3. The second-order valence-electron chi connectivity index (χ2n) is 10.3. The van der Waals surface area contributed by atoms with Crippen molar-refractivity contribution in [2.24, 2.45) is 29.6 Å². The maximum Gasteiger partial charge on any atom is 0.0406 e. The standard InChI is InChI=1S/C29H41N/c1-6-23-12-13-27(22(5)21(4)16-23)28-18-26(19(2)10-11-20(28)3)17-25-9-7-8-24-14-15-30-29(24)25/h7-9,12-13,16,19-20,22,26,28,30H,6,10-11,14-15,17-18H2,1-5H3/t19?,20-,22?,26?,28-/m0/s1. The Balaban J connectivity index is 1.61. The van der Waals surface area contributed by atoms with Gasteiger partial charge in [-0.25, -0.2) is 0 Å². The number of hydrogen-bond donors (Lipinski definition) is 1. The first-order chi connectivity index (χ1) is 14.5. The van der Waals surface area contributed by atoms with Crippen molar-refractivity contribution in [3.8, 4) is 0 Å². The third-order valence-electron chi connectivity index (χ3n) is 8.46. The fourth-order valence-electron chi connectivity index (χ4n) is 6.11. The zero-order valence-corrected chi connectivity index (χ0v) is 19.8. The maximum atomic E-state index is 3.68. The lowest BCUT2D eigenvalue weighted by Crippen LogP contribution is -2.22. The summed E-state index contributed by atoms with van der Waals surface area (Å²) in [4.78, 5) is 0. The highest BCUT2D eigenvalue weighted by Gasteiger charge is 2.34. The molecule has 162 valence electrons. The minimum absolute atomic E-state index is 0.564. The molecule has 5 atom stereocenters. The van der Waals surface area contributed by atoms with Gasteiger partial charge in [0.25, 0.3) is 0 Å². The van der Waals surface area contributed by atoms with Crippen LogP contribution in [0.4, 0.5) is 5.69 Å². The number of para-hydroxylation sites is 1. The van der Waals surface area contributed by atoms with Gasteiger partial charge in [0, 0.05) is 12.2 Å². The summed E-state index contributed by atoms with van der Waals surface area (Å²) in [7, 11) is 0. The van der Waals surface area contributed by atoms with Crippen molar-refractivity contribution in [1.29, 1.82) is 0 Å². The van der Waals surface area contributed by atoms with Crippen LogP contribution in [-0.2, 0) is 12.8 Å². The molecule has 0 radical (unpaired) electrons. The number of hydrogen-bond acceptors (Lipinski definition) is 1. The van der Waals surface area contributed by atoms with Crippen LogP contribution in [0.2, 0.25) is 0 Å². The molecule has 0 aromatic heterocycles. The van der Waals surface area contributed by atoms with E-state index in [2.05, 4.69) is 76.4 Å². The molecule has 1 aromatic rings. The largest absolute Gasteiger partial charge is 0.384 e. The third-order valence-corrected chi connectivity index (χ3v) is 8.46. The van der Waals surface area contributed by atoms with Crippen LogP contribution in [0.5, 0.6) is 0 Å². The normalized spacial score (nSPS) is 31.6. The lowest BCUT2D eigenvalue weighted by Gasteiger charge is -2.32. The highest BCUT2D eigenvalue weighted by Crippen LogP contribution is 2.45. The summed E-state index contributed by atoms with van der Waals surface area (Å²) in [5, 5.41) is 3.68. The monoisotopic (exact) mass is 403 g/mol. The van der Waals surface area contributed by atoms with E-state index < -0.39 is 0 Å². The van der Waals surface area contributed by atoms with Crippen LogP contribution in [0.25, 0.3) is 0 Å². The van der Waals surface area contributed by atoms with E-state index in [1.165, 1.54) is 54.5 Å². The molecule has 3 unspecified atom stereocenters. The molecule has 0 bridgehead atoms. The van der Waals surface area contributed by atoms with E-state index in [9.17, 15) is 0 Å². The van der Waals surface area contributed by atoms with Crippen molar-refractivity contribution in [3.05, 3.63) is 64.3 Å². The van der Waals surface area contributed by atoms with Crippen LogP contribution in [0.15, 0.2) is 53.1 Å². The molecule has 0 amide bonds. The molecular formula is C29H41N. The Morgan fingerprint density at radius 2 is 1.83 bits per heavy atom. The first-order valence-electron chi connectivity index (χ1n) is 12.4. The highest BCUT2D eigenvalue weighted by atomic mass is 14.9. The smallest absolute Gasteiger partial charge is 0.0406 e. The van der Waals surface area contributed by atoms with Gasteiger partial charge in [0.05, 0.1) is 0 Å². The Bertz CT molecular complexity index is 855. The zero-order valence-electron chi connectivity index (χ0n) is 19.8. The third kappa shape index (κ3) is 4.32. The molecule has 1 aromatic carbocycles. The minimum atomic E-state index is 0.564. The van der Waals surface area contributed by atoms with Gasteiger partial charge >= 0.3 is 0 Å². The molecule has 4 rings (SSSR count). The predicted molar refractivity (Wildman–Crippen MR) is 131 cm³/mol. The van der Waals surface area contributed by atoms with E-state index in [1.807, 2.05) is 0 Å². The van der Waals surface area contributed by atoms with Crippen LogP contribution in [0.3, 0.4) is 0 Å². The van der Waals surface area contributed by atoms with Gasteiger partial charge in [0.15, 0.2) is 0 Å². The van der Waals surface area contributed by atoms with Crippen molar-refractivity contribution < 1.29 is 0 Å². The first kappa shape index (κ1) is 21.5. The van der Waals surface area contributed by atoms with Gasteiger partial charge in [0.1, 0.15) is 0 Å². The summed E-state index contributed by atoms with van der Waals surface area (Å²) in [6.45, 7) is 13.2. The first-order valence-corrected chi connectivity index (χ1v) is 12.4.